The van der Waals surface area contributed by atoms with Crippen molar-refractivity contribution in [3.05, 3.63) is 35.8 Å². The van der Waals surface area contributed by atoms with Crippen LogP contribution in [-0.4, -0.2) is 35.0 Å². The zero-order chi connectivity index (χ0) is 19.6. The fourth-order valence-electron chi connectivity index (χ4n) is 2.35. The molecule has 1 aromatic carbocycles. The third-order valence-electron chi connectivity index (χ3n) is 3.53. The van der Waals surface area contributed by atoms with Crippen LogP contribution in [0.4, 0.5) is 30.8 Å². The number of hydrogen-bond donors (Lipinski definition) is 4. The molecule has 2 aromatic heterocycles. The second-order valence-corrected chi connectivity index (χ2v) is 5.85. The van der Waals surface area contributed by atoms with Crippen molar-refractivity contribution >= 4 is 45.5 Å². The Morgan fingerprint density at radius 1 is 1.30 bits per heavy atom. The van der Waals surface area contributed by atoms with Gasteiger partial charge in [0, 0.05) is 17.0 Å². The van der Waals surface area contributed by atoms with E-state index in [1.807, 2.05) is 12.2 Å². The van der Waals surface area contributed by atoms with Crippen LogP contribution in [0.25, 0.3) is 11.0 Å². The summed E-state index contributed by atoms with van der Waals surface area (Å²) in [6, 6.07) is 0.704. The van der Waals surface area contributed by atoms with Gasteiger partial charge in [-0.05, 0) is 18.6 Å². The van der Waals surface area contributed by atoms with Crippen LogP contribution in [0.3, 0.4) is 0 Å². The van der Waals surface area contributed by atoms with Crippen molar-refractivity contribution in [2.45, 2.75) is 13.3 Å². The summed E-state index contributed by atoms with van der Waals surface area (Å²) in [5.41, 5.74) is -0.357. The van der Waals surface area contributed by atoms with Gasteiger partial charge < -0.3 is 14.6 Å². The number of H-pyrrole nitrogens is 1. The van der Waals surface area contributed by atoms with E-state index in [4.69, 9.17) is 0 Å². The van der Waals surface area contributed by atoms with Gasteiger partial charge in [-0.2, -0.15) is 5.10 Å². The van der Waals surface area contributed by atoms with Crippen LogP contribution in [0.1, 0.15) is 12.6 Å². The van der Waals surface area contributed by atoms with Gasteiger partial charge in [0.1, 0.15) is 23.6 Å². The molecule has 1 unspecified atom stereocenters. The molecule has 0 radical (unpaired) electrons. The van der Waals surface area contributed by atoms with Gasteiger partial charge >= 0.3 is 6.03 Å². The summed E-state index contributed by atoms with van der Waals surface area (Å²) >= 11 is -2.82. The first kappa shape index (κ1) is 18.6. The van der Waals surface area contributed by atoms with E-state index < -0.39 is 40.3 Å². The first-order chi connectivity index (χ1) is 12.9. The number of amides is 2. The highest BCUT2D eigenvalue weighted by atomic mass is 32.2. The molecular formula is C14H12F2N7O3S-. The number of aromatic amines is 1. The van der Waals surface area contributed by atoms with Crippen LogP contribution in [0.2, 0.25) is 0 Å². The maximum absolute atomic E-state index is 14.3. The van der Waals surface area contributed by atoms with Crippen LogP contribution in [0, 0.1) is 11.6 Å². The SMILES string of the molecule is CCc1[nH]nc2ncnc(NC(=O)Nc3c(F)ccc(NS(=O)[O-])c3F)c12. The fraction of sp³-hybridized carbons (Fsp3) is 0.143. The number of halogens is 2. The number of urea groups is 1. The molecule has 1 atom stereocenters. The number of aromatic nitrogens is 4. The Hall–Kier alpha value is -3.19. The maximum atomic E-state index is 14.3. The van der Waals surface area contributed by atoms with Crippen LogP contribution < -0.4 is 15.4 Å². The Balaban J connectivity index is 1.87. The second kappa shape index (κ2) is 7.59. The van der Waals surface area contributed by atoms with E-state index in [0.29, 0.717) is 23.1 Å². The topological polar surface area (TPSA) is 148 Å². The molecule has 10 nitrogen and oxygen atoms in total. The van der Waals surface area contributed by atoms with Crippen LogP contribution in [-0.2, 0) is 17.7 Å². The van der Waals surface area contributed by atoms with Crippen molar-refractivity contribution in [2.24, 2.45) is 0 Å². The predicted octanol–water partition coefficient (Wildman–Crippen LogP) is 2.04. The Labute approximate surface area is 153 Å². The first-order valence-electron chi connectivity index (χ1n) is 7.50. The van der Waals surface area contributed by atoms with Gasteiger partial charge in [-0.1, -0.05) is 6.92 Å². The van der Waals surface area contributed by atoms with Crippen molar-refractivity contribution in [3.63, 3.8) is 0 Å². The van der Waals surface area contributed by atoms with Crippen LogP contribution >= 0.6 is 0 Å². The number of benzene rings is 1. The van der Waals surface area contributed by atoms with Gasteiger partial charge in [-0.15, -0.1) is 0 Å². The Morgan fingerprint density at radius 3 is 2.78 bits per heavy atom. The fourth-order valence-corrected chi connectivity index (χ4v) is 2.69. The highest BCUT2D eigenvalue weighted by Crippen LogP contribution is 2.27. The smallest absolute Gasteiger partial charge is 0.325 e. The van der Waals surface area contributed by atoms with E-state index in [1.165, 1.54) is 6.33 Å². The van der Waals surface area contributed by atoms with E-state index >= 15 is 0 Å². The zero-order valence-electron chi connectivity index (χ0n) is 13.7. The van der Waals surface area contributed by atoms with Crippen LogP contribution in [0.15, 0.2) is 18.5 Å². The number of rotatable bonds is 5. The molecule has 0 aliphatic carbocycles. The van der Waals surface area contributed by atoms with E-state index in [2.05, 4.69) is 25.5 Å². The molecule has 0 saturated carbocycles. The molecule has 0 aliphatic heterocycles. The number of nitrogens with one attached hydrogen (secondary N) is 4. The maximum Gasteiger partial charge on any atom is 0.325 e. The van der Waals surface area contributed by atoms with Crippen molar-refractivity contribution in [2.75, 3.05) is 15.4 Å². The molecule has 2 amide bonds. The number of fused-ring (bicyclic) bond motifs is 1. The summed E-state index contributed by atoms with van der Waals surface area (Å²) in [5.74, 6) is -2.27. The van der Waals surface area contributed by atoms with E-state index in [-0.39, 0.29) is 5.82 Å². The van der Waals surface area contributed by atoms with E-state index in [0.717, 1.165) is 12.1 Å². The lowest BCUT2D eigenvalue weighted by Gasteiger charge is -2.14. The number of nitrogens with zero attached hydrogens (tertiary/aromatic N) is 3. The summed E-state index contributed by atoms with van der Waals surface area (Å²) in [7, 11) is 0. The third kappa shape index (κ3) is 3.83. The standard InChI is InChI=1S/C14H13F2N7O3S/c1-2-7-9-12(17-5-18-13(9)22-21-7)20-14(24)19-11-6(15)3-4-8(10(11)16)23-27(25)26/h3-5,23H,2H2,1H3,(H,25,26)(H3,17,18,19,20,21,22,24)/p-1. The minimum absolute atomic E-state index is 0.0962. The first-order valence-corrected chi connectivity index (χ1v) is 8.58. The Bertz CT molecular complexity index is 1040. The third-order valence-corrected chi connectivity index (χ3v) is 3.92. The monoisotopic (exact) mass is 396 g/mol. The quantitative estimate of drug-likeness (QED) is 0.485. The number of hydrogen-bond acceptors (Lipinski definition) is 6. The van der Waals surface area contributed by atoms with Crippen molar-refractivity contribution in [3.8, 4) is 0 Å². The van der Waals surface area contributed by atoms with Gasteiger partial charge in [0.2, 0.25) is 0 Å². The number of aryl methyl sites for hydroxylation is 1. The summed E-state index contributed by atoms with van der Waals surface area (Å²) in [4.78, 5) is 20.1. The average Bonchev–Trinajstić information content (AvgIpc) is 3.05. The Morgan fingerprint density at radius 2 is 2.07 bits per heavy atom. The molecule has 0 spiro atoms. The number of carbonyl (C=O) groups excluding carboxylic acids is 1. The highest BCUT2D eigenvalue weighted by molar-refractivity contribution is 7.80. The molecule has 0 fully saturated rings. The lowest BCUT2D eigenvalue weighted by Crippen LogP contribution is -2.22. The minimum atomic E-state index is -2.82. The second-order valence-electron chi connectivity index (χ2n) is 5.18. The van der Waals surface area contributed by atoms with Crippen LogP contribution in [0.5, 0.6) is 0 Å². The molecule has 13 heteroatoms. The Kier molecular flexibility index (Phi) is 5.23. The van der Waals surface area contributed by atoms with E-state index in [9.17, 15) is 22.3 Å². The average molecular weight is 396 g/mol. The van der Waals surface area contributed by atoms with Gasteiger partial charge in [0.05, 0.1) is 11.1 Å². The van der Waals surface area contributed by atoms with Crippen molar-refractivity contribution < 1.29 is 22.3 Å². The molecule has 2 heterocycles. The normalized spacial score (nSPS) is 12.0. The van der Waals surface area contributed by atoms with Crippen molar-refractivity contribution in [1.29, 1.82) is 0 Å². The molecule has 3 aromatic rings. The lowest BCUT2D eigenvalue weighted by atomic mass is 10.2. The molecule has 142 valence electrons. The summed E-state index contributed by atoms with van der Waals surface area (Å²) < 4.78 is 51.2. The number of anilines is 3. The molecule has 0 bridgehead atoms. The largest absolute Gasteiger partial charge is 0.755 e. The van der Waals surface area contributed by atoms with Gasteiger partial charge in [-0.25, -0.2) is 23.5 Å². The molecule has 3 rings (SSSR count). The van der Waals surface area contributed by atoms with Gasteiger partial charge in [0.25, 0.3) is 0 Å². The summed E-state index contributed by atoms with van der Waals surface area (Å²) in [5, 5.41) is 11.6. The molecule has 27 heavy (non-hydrogen) atoms. The summed E-state index contributed by atoms with van der Waals surface area (Å²) in [6.45, 7) is 1.85. The zero-order valence-corrected chi connectivity index (χ0v) is 14.5. The molecule has 0 aliphatic rings. The van der Waals surface area contributed by atoms with E-state index in [1.54, 1.807) is 4.72 Å². The van der Waals surface area contributed by atoms with Gasteiger partial charge in [0.15, 0.2) is 11.5 Å². The summed E-state index contributed by atoms with van der Waals surface area (Å²) in [6.07, 6.45) is 1.73. The molecule has 4 N–H and O–H groups in total. The predicted molar refractivity (Wildman–Crippen MR) is 92.6 cm³/mol. The highest BCUT2D eigenvalue weighted by Gasteiger charge is 2.18. The molecule has 0 saturated heterocycles. The minimum Gasteiger partial charge on any atom is -0.755 e. The number of carbonyl (C=O) groups is 1. The van der Waals surface area contributed by atoms with Crippen molar-refractivity contribution in [1.82, 2.24) is 20.2 Å². The molecular weight excluding hydrogens is 384 g/mol. The van der Waals surface area contributed by atoms with Gasteiger partial charge in [-0.3, -0.25) is 14.6 Å². The lowest BCUT2D eigenvalue weighted by molar-refractivity contribution is 0.262.